The Bertz CT molecular complexity index is 8760. The highest BCUT2D eigenvalue weighted by Crippen LogP contribution is 2.68. The molecule has 0 saturated carbocycles. The molecule has 22 aromatic carbocycles. The van der Waals surface area contributed by atoms with Crippen LogP contribution in [0.2, 0.25) is 0 Å². The average molecular weight is 1750 g/mol. The molecule has 27 rings (SSSR count). The second-order valence-corrected chi connectivity index (χ2v) is 37.0. The minimum atomic E-state index is -0.685. The van der Waals surface area contributed by atoms with Gasteiger partial charge in [0.15, 0.2) is 0 Å². The molecule has 4 heteroatoms. The third-order valence-corrected chi connectivity index (χ3v) is 29.8. The Morgan fingerprint density at radius 1 is 0.219 bits per heavy atom. The van der Waals surface area contributed by atoms with Crippen LogP contribution in [0, 0.1) is 5.92 Å². The van der Waals surface area contributed by atoms with Crippen LogP contribution >= 0.6 is 0 Å². The van der Waals surface area contributed by atoms with E-state index < -0.39 is 10.8 Å². The Labute approximate surface area is 797 Å². The molecule has 5 aliphatic rings. The summed E-state index contributed by atoms with van der Waals surface area (Å²) in [6, 6.07) is 181. The fraction of sp³-hybridized carbons (Fsp3) is 0.0376. The van der Waals surface area contributed by atoms with Crippen molar-refractivity contribution in [3.05, 3.63) is 548 Å². The lowest BCUT2D eigenvalue weighted by atomic mass is 9.63. The van der Waals surface area contributed by atoms with E-state index in [0.717, 1.165) is 152 Å². The molecule has 0 radical (unpaired) electrons. The van der Waals surface area contributed by atoms with E-state index in [1.165, 1.54) is 110 Å². The van der Waals surface area contributed by atoms with Gasteiger partial charge in [0, 0.05) is 50.0 Å². The van der Waals surface area contributed by atoms with Gasteiger partial charge in [-0.05, 0) is 246 Å². The summed E-state index contributed by atoms with van der Waals surface area (Å²) in [5.74, 6) is 3.89. The van der Waals surface area contributed by atoms with E-state index in [4.69, 9.17) is 9.47 Å². The van der Waals surface area contributed by atoms with Crippen LogP contribution < -0.4 is 19.3 Å². The van der Waals surface area contributed by atoms with Crippen molar-refractivity contribution in [1.82, 2.24) is 0 Å². The van der Waals surface area contributed by atoms with Crippen molar-refractivity contribution in [2.45, 2.75) is 24.2 Å². The molecule has 2 aliphatic heterocycles. The van der Waals surface area contributed by atoms with Gasteiger partial charge in [-0.1, -0.05) is 426 Å². The second-order valence-electron chi connectivity index (χ2n) is 37.0. The Morgan fingerprint density at radius 3 is 1.23 bits per heavy atom. The van der Waals surface area contributed by atoms with Gasteiger partial charge in [0.05, 0.1) is 39.3 Å². The molecule has 2 atom stereocenters. The van der Waals surface area contributed by atoms with E-state index in [2.05, 4.69) is 514 Å². The number of allylic oxidation sites excluding steroid dienone is 3. The average Bonchev–Trinajstić information content (AvgIpc) is 1.53. The van der Waals surface area contributed by atoms with Gasteiger partial charge in [-0.3, -0.25) is 0 Å². The van der Waals surface area contributed by atoms with Gasteiger partial charge in [0.25, 0.3) is 0 Å². The van der Waals surface area contributed by atoms with E-state index in [1.807, 2.05) is 0 Å². The number of hydrogen-bond donors (Lipinski definition) is 0. The third kappa shape index (κ3) is 12.3. The minimum absolute atomic E-state index is 0.318. The first kappa shape index (κ1) is 79.3. The lowest BCUT2D eigenvalue weighted by Crippen LogP contribution is -2.36. The van der Waals surface area contributed by atoms with Crippen molar-refractivity contribution in [2.24, 2.45) is 5.92 Å². The predicted octanol–water partition coefficient (Wildman–Crippen LogP) is 35.6. The molecular weight excluding hydrogens is 1660 g/mol. The lowest BCUT2D eigenvalue weighted by molar-refractivity contribution is 0.380. The number of ether oxygens (including phenoxy) is 2. The number of para-hydroxylation sites is 5. The molecule has 3 aliphatic carbocycles. The van der Waals surface area contributed by atoms with Crippen LogP contribution in [0.4, 0.5) is 34.1 Å². The summed E-state index contributed by atoms with van der Waals surface area (Å²) >= 11 is 0. The minimum Gasteiger partial charge on any atom is -0.457 e. The van der Waals surface area contributed by atoms with Crippen LogP contribution in [0.15, 0.2) is 509 Å². The van der Waals surface area contributed by atoms with E-state index in [-0.39, 0.29) is 0 Å². The number of nitrogens with zero attached hydrogens (tertiary/aromatic N) is 2. The molecule has 137 heavy (non-hydrogen) atoms. The van der Waals surface area contributed by atoms with Crippen molar-refractivity contribution >= 4 is 77.2 Å². The number of anilines is 6. The van der Waals surface area contributed by atoms with Crippen LogP contribution in [-0.4, -0.2) is 0 Å². The SMILES string of the molecule is CC1C=CC2=C(C1)C1(c3ccccc3O2)c2ccccc2-c2c(N(c3ccc(-c4cccc5c4ccc4ccc(-c6ccc(-c7ccccc7-c7ccccc7N(c7cccc8c7-c7ccccc7C87c8ccccc8Oc8ccccc87)c7cccc8c7ccc7ccccc78)c(-c7ccccc7)c6)cc45)cc3)c3ccccc3-c3ccccc3-c3ccccc3-c3ccccc3)cccc21. The fourth-order valence-electron chi connectivity index (χ4n) is 24.0. The lowest BCUT2D eigenvalue weighted by Gasteiger charge is -2.42. The summed E-state index contributed by atoms with van der Waals surface area (Å²) in [6.07, 6.45) is 5.41. The highest BCUT2D eigenvalue weighted by Gasteiger charge is 2.55. The van der Waals surface area contributed by atoms with Gasteiger partial charge in [0.1, 0.15) is 23.0 Å². The van der Waals surface area contributed by atoms with Crippen LogP contribution in [-0.2, 0) is 10.8 Å². The maximum absolute atomic E-state index is 6.98. The summed E-state index contributed by atoms with van der Waals surface area (Å²) < 4.78 is 13.9. The summed E-state index contributed by atoms with van der Waals surface area (Å²) in [4.78, 5) is 5.14. The zero-order valence-electron chi connectivity index (χ0n) is 75.3. The maximum Gasteiger partial charge on any atom is 0.132 e. The van der Waals surface area contributed by atoms with Gasteiger partial charge in [-0.2, -0.15) is 0 Å². The molecule has 642 valence electrons. The molecule has 0 bridgehead atoms. The molecule has 0 fully saturated rings. The Kier molecular flexibility index (Phi) is 18.5. The molecule has 2 unspecified atom stereocenters. The van der Waals surface area contributed by atoms with E-state index in [9.17, 15) is 0 Å². The molecule has 22 aromatic rings. The van der Waals surface area contributed by atoms with Crippen molar-refractivity contribution in [1.29, 1.82) is 0 Å². The van der Waals surface area contributed by atoms with Gasteiger partial charge < -0.3 is 19.3 Å². The molecule has 2 spiro atoms. The number of hydrogen-bond acceptors (Lipinski definition) is 4. The standard InChI is InChI=1S/C133H88N2O2/c1-85-68-81-129-120(82-85)133(117-57-24-29-67-128(117)137-129)114-54-21-17-49-110(114)130-119(133)59-32-63-124(130)134(121-60-25-18-46-106(121)101-44-14-12-42-99(101)97-41-11-10-40-94(97)86-34-4-2-5-35-86)93-76-71-89(72-77-93)96-50-30-51-103-104(96)78-73-90-69-70-91(83-112(90)103)92-75-79-105(111(84-92)87-36-6-3-7-37-87)100-43-13-15-45-102(100)107-47-19-26-61-122(107)135(123-62-31-52-98-95-39-9-8-38-88(95)74-80-108(98)123)125-64-33-58-118-131(125)109-48-16-20-53-113(109)132(118)115-55-22-27-65-126(115)136-127-66-28-23-56-116(127)132/h2-81,83-85H,82H2,1H3. The molecule has 0 saturated heterocycles. The quantitative estimate of drug-likeness (QED) is 0.101. The van der Waals surface area contributed by atoms with Gasteiger partial charge in [0.2, 0.25) is 0 Å². The van der Waals surface area contributed by atoms with E-state index in [0.29, 0.717) is 5.92 Å². The molecular formula is C133H88N2O2. The Morgan fingerprint density at radius 2 is 0.599 bits per heavy atom. The highest BCUT2D eigenvalue weighted by molar-refractivity contribution is 6.17. The van der Waals surface area contributed by atoms with Crippen molar-refractivity contribution in [3.63, 3.8) is 0 Å². The maximum atomic E-state index is 6.98. The van der Waals surface area contributed by atoms with Crippen molar-refractivity contribution in [3.8, 4) is 129 Å². The normalized spacial score (nSPS) is 14.8. The van der Waals surface area contributed by atoms with Gasteiger partial charge in [-0.25, -0.2) is 0 Å². The smallest absolute Gasteiger partial charge is 0.132 e. The zero-order chi connectivity index (χ0) is 90.4. The number of benzene rings is 22. The van der Waals surface area contributed by atoms with Crippen molar-refractivity contribution < 1.29 is 9.47 Å². The summed E-state index contributed by atoms with van der Waals surface area (Å²) in [6.45, 7) is 2.33. The first-order valence-electron chi connectivity index (χ1n) is 47.7. The fourth-order valence-corrected chi connectivity index (χ4v) is 24.0. The summed E-state index contributed by atoms with van der Waals surface area (Å²) in [5.41, 5.74) is 37.9. The monoisotopic (exact) mass is 1740 g/mol. The molecule has 0 amide bonds. The number of fused-ring (bicyclic) bond motifs is 23. The largest absolute Gasteiger partial charge is 0.457 e. The predicted molar refractivity (Wildman–Crippen MR) is 569 cm³/mol. The Balaban J connectivity index is 0.591. The summed E-state index contributed by atoms with van der Waals surface area (Å²) in [7, 11) is 0. The molecule has 0 N–H and O–H groups in total. The van der Waals surface area contributed by atoms with Crippen LogP contribution in [0.25, 0.3) is 154 Å². The summed E-state index contributed by atoms with van der Waals surface area (Å²) in [5, 5.41) is 9.52. The molecule has 4 nitrogen and oxygen atoms in total. The molecule has 0 aromatic heterocycles. The second kappa shape index (κ2) is 31.9. The van der Waals surface area contributed by atoms with Gasteiger partial charge >= 0.3 is 0 Å². The van der Waals surface area contributed by atoms with Crippen LogP contribution in [0.5, 0.6) is 17.2 Å². The van der Waals surface area contributed by atoms with Crippen LogP contribution in [0.1, 0.15) is 52.3 Å². The van der Waals surface area contributed by atoms with Crippen molar-refractivity contribution in [2.75, 3.05) is 9.80 Å². The Hall–Kier alpha value is -17.4. The first-order chi connectivity index (χ1) is 67.9. The van der Waals surface area contributed by atoms with E-state index in [1.54, 1.807) is 0 Å². The first-order valence-corrected chi connectivity index (χ1v) is 47.7. The third-order valence-electron chi connectivity index (χ3n) is 29.8. The topological polar surface area (TPSA) is 24.9 Å². The van der Waals surface area contributed by atoms with Gasteiger partial charge in [-0.15, -0.1) is 0 Å². The van der Waals surface area contributed by atoms with Crippen LogP contribution in [0.3, 0.4) is 0 Å². The van der Waals surface area contributed by atoms with E-state index >= 15 is 0 Å². The molecule has 2 heterocycles. The zero-order valence-corrected chi connectivity index (χ0v) is 75.3. The highest BCUT2D eigenvalue weighted by atomic mass is 16.5. The number of rotatable bonds is 14.